The summed E-state index contributed by atoms with van der Waals surface area (Å²) in [5.41, 5.74) is 5.00. The van der Waals surface area contributed by atoms with Gasteiger partial charge in [0.15, 0.2) is 5.06 Å². The quantitative estimate of drug-likeness (QED) is 0.172. The van der Waals surface area contributed by atoms with Gasteiger partial charge in [-0.3, -0.25) is 0 Å². The highest BCUT2D eigenvalue weighted by Crippen LogP contribution is 2.34. The van der Waals surface area contributed by atoms with Crippen LogP contribution in [0.15, 0.2) is 72.8 Å². The van der Waals surface area contributed by atoms with Gasteiger partial charge in [-0.15, -0.1) is 0 Å². The van der Waals surface area contributed by atoms with Crippen molar-refractivity contribution in [2.24, 2.45) is 0 Å². The molecular formula is C28H32O2S. The molecule has 31 heavy (non-hydrogen) atoms. The second-order valence-electron chi connectivity index (χ2n) is 7.82. The minimum atomic E-state index is -0.314. The number of ether oxygens (including phenoxy) is 1. The zero-order valence-electron chi connectivity index (χ0n) is 18.6. The summed E-state index contributed by atoms with van der Waals surface area (Å²) in [5, 5.41) is 0.625. The number of benzene rings is 2. The first-order valence-electron chi connectivity index (χ1n) is 11.4. The Kier molecular flexibility index (Phi) is 9.11. The first kappa shape index (κ1) is 23.0. The van der Waals surface area contributed by atoms with E-state index in [0.717, 1.165) is 23.3 Å². The standard InChI is InChI=1S/C28H32O2S/c1-3-5-7-9-10-22-12-14-23(15-13-22)24-16-18-25(19-17-24)26-20-21-28(31-26)30-27(29)11-8-6-4-2/h8,11-21H,3-7,9-10H2,1-2H3/b11-8+. The van der Waals surface area contributed by atoms with E-state index in [4.69, 9.17) is 4.74 Å². The van der Waals surface area contributed by atoms with Gasteiger partial charge in [-0.2, -0.15) is 0 Å². The van der Waals surface area contributed by atoms with Crippen LogP contribution in [0, 0.1) is 0 Å². The summed E-state index contributed by atoms with van der Waals surface area (Å²) in [6, 6.07) is 21.4. The van der Waals surface area contributed by atoms with Crippen LogP contribution in [0.1, 0.15) is 57.9 Å². The van der Waals surface area contributed by atoms with E-state index in [1.807, 2.05) is 18.2 Å². The molecule has 0 radical (unpaired) electrons. The molecular weight excluding hydrogens is 400 g/mol. The van der Waals surface area contributed by atoms with Crippen molar-refractivity contribution < 1.29 is 9.53 Å². The van der Waals surface area contributed by atoms with Crippen molar-refractivity contribution in [1.82, 2.24) is 0 Å². The summed E-state index contributed by atoms with van der Waals surface area (Å²) < 4.78 is 5.40. The SMILES string of the molecule is CCC/C=C/C(=O)Oc1ccc(-c2ccc(-c3ccc(CCCCCC)cc3)cc2)s1. The smallest absolute Gasteiger partial charge is 0.336 e. The molecule has 0 aliphatic rings. The van der Waals surface area contributed by atoms with Gasteiger partial charge in [0.25, 0.3) is 0 Å². The van der Waals surface area contributed by atoms with Gasteiger partial charge in [0.2, 0.25) is 0 Å². The van der Waals surface area contributed by atoms with Crippen molar-refractivity contribution in [3.63, 3.8) is 0 Å². The summed E-state index contributed by atoms with van der Waals surface area (Å²) in [6.07, 6.45) is 11.6. The number of esters is 1. The fourth-order valence-corrected chi connectivity index (χ4v) is 4.32. The predicted octanol–water partition coefficient (Wildman–Crippen LogP) is 8.47. The molecule has 0 saturated heterocycles. The molecule has 3 aromatic rings. The minimum absolute atomic E-state index is 0.314. The maximum Gasteiger partial charge on any atom is 0.336 e. The van der Waals surface area contributed by atoms with Crippen LogP contribution in [0.2, 0.25) is 0 Å². The van der Waals surface area contributed by atoms with Gasteiger partial charge in [0, 0.05) is 11.0 Å². The maximum absolute atomic E-state index is 11.8. The first-order chi connectivity index (χ1) is 15.2. The van der Waals surface area contributed by atoms with Gasteiger partial charge in [-0.1, -0.05) is 105 Å². The highest BCUT2D eigenvalue weighted by atomic mass is 32.1. The van der Waals surface area contributed by atoms with E-state index in [2.05, 4.69) is 62.4 Å². The Morgan fingerprint density at radius 3 is 2.16 bits per heavy atom. The zero-order valence-corrected chi connectivity index (χ0v) is 19.4. The molecule has 0 aliphatic carbocycles. The molecule has 0 spiro atoms. The van der Waals surface area contributed by atoms with E-state index < -0.39 is 0 Å². The van der Waals surface area contributed by atoms with E-state index in [9.17, 15) is 4.79 Å². The Hall–Kier alpha value is -2.65. The third-order valence-corrected chi connectivity index (χ3v) is 6.28. The Balaban J connectivity index is 1.59. The second kappa shape index (κ2) is 12.3. The molecule has 0 atom stereocenters. The Morgan fingerprint density at radius 1 is 0.806 bits per heavy atom. The topological polar surface area (TPSA) is 26.3 Å². The molecule has 0 fully saturated rings. The van der Waals surface area contributed by atoms with Crippen molar-refractivity contribution in [2.45, 2.75) is 58.8 Å². The van der Waals surface area contributed by atoms with E-state index in [0.29, 0.717) is 5.06 Å². The molecule has 1 heterocycles. The summed E-state index contributed by atoms with van der Waals surface area (Å²) >= 11 is 1.49. The molecule has 1 aromatic heterocycles. The predicted molar refractivity (Wildman–Crippen MR) is 133 cm³/mol. The van der Waals surface area contributed by atoms with Crippen LogP contribution < -0.4 is 4.74 Å². The molecule has 0 unspecified atom stereocenters. The molecule has 0 aliphatic heterocycles. The van der Waals surface area contributed by atoms with Crippen LogP contribution in [-0.2, 0) is 11.2 Å². The third-order valence-electron chi connectivity index (χ3n) is 5.27. The minimum Gasteiger partial charge on any atom is -0.412 e. The summed E-state index contributed by atoms with van der Waals surface area (Å²) in [6.45, 7) is 4.33. The van der Waals surface area contributed by atoms with Crippen LogP contribution >= 0.6 is 11.3 Å². The molecule has 3 heteroatoms. The number of unbranched alkanes of at least 4 members (excludes halogenated alkanes) is 4. The van der Waals surface area contributed by atoms with Crippen LogP contribution in [0.3, 0.4) is 0 Å². The van der Waals surface area contributed by atoms with Crippen molar-refractivity contribution in [3.8, 4) is 26.6 Å². The van der Waals surface area contributed by atoms with E-state index in [1.54, 1.807) is 0 Å². The fourth-order valence-electron chi connectivity index (χ4n) is 3.46. The van der Waals surface area contributed by atoms with Gasteiger partial charge in [0.05, 0.1) is 0 Å². The lowest BCUT2D eigenvalue weighted by atomic mass is 10.00. The first-order valence-corrected chi connectivity index (χ1v) is 12.2. The fraction of sp³-hybridized carbons (Fsp3) is 0.321. The Bertz CT molecular complexity index is 965. The lowest BCUT2D eigenvalue weighted by Gasteiger charge is -2.06. The number of carbonyl (C=O) groups excluding carboxylic acids is 1. The summed E-state index contributed by atoms with van der Waals surface area (Å²) in [7, 11) is 0. The average molecular weight is 433 g/mol. The van der Waals surface area contributed by atoms with Gasteiger partial charge in [-0.25, -0.2) is 4.79 Å². The maximum atomic E-state index is 11.8. The molecule has 2 nitrogen and oxygen atoms in total. The molecule has 0 amide bonds. The highest BCUT2D eigenvalue weighted by Gasteiger charge is 2.07. The molecule has 0 N–H and O–H groups in total. The molecule has 162 valence electrons. The Labute approximate surface area is 190 Å². The van der Waals surface area contributed by atoms with Crippen LogP contribution in [0.25, 0.3) is 21.6 Å². The third kappa shape index (κ3) is 7.22. The number of allylic oxidation sites excluding steroid dienone is 1. The lowest BCUT2D eigenvalue weighted by molar-refractivity contribution is -0.128. The van der Waals surface area contributed by atoms with Crippen molar-refractivity contribution in [1.29, 1.82) is 0 Å². The molecule has 0 bridgehead atoms. The number of thiophene rings is 1. The second-order valence-corrected chi connectivity index (χ2v) is 8.86. The van der Waals surface area contributed by atoms with E-state index >= 15 is 0 Å². The van der Waals surface area contributed by atoms with Crippen LogP contribution in [0.4, 0.5) is 0 Å². The van der Waals surface area contributed by atoms with Gasteiger partial charge >= 0.3 is 5.97 Å². The number of rotatable bonds is 11. The van der Waals surface area contributed by atoms with Gasteiger partial charge in [-0.05, 0) is 53.6 Å². The van der Waals surface area contributed by atoms with Crippen molar-refractivity contribution in [2.75, 3.05) is 0 Å². The van der Waals surface area contributed by atoms with Crippen LogP contribution in [-0.4, -0.2) is 5.97 Å². The summed E-state index contributed by atoms with van der Waals surface area (Å²) in [4.78, 5) is 12.9. The monoisotopic (exact) mass is 432 g/mol. The van der Waals surface area contributed by atoms with Crippen molar-refractivity contribution >= 4 is 17.3 Å². The van der Waals surface area contributed by atoms with E-state index in [-0.39, 0.29) is 5.97 Å². The normalized spacial score (nSPS) is 11.2. The highest BCUT2D eigenvalue weighted by molar-refractivity contribution is 7.17. The number of hydrogen-bond acceptors (Lipinski definition) is 3. The van der Waals surface area contributed by atoms with Gasteiger partial charge in [0.1, 0.15) is 0 Å². The van der Waals surface area contributed by atoms with E-state index in [1.165, 1.54) is 66.2 Å². The summed E-state index contributed by atoms with van der Waals surface area (Å²) in [5.74, 6) is -0.314. The lowest BCUT2D eigenvalue weighted by Crippen LogP contribution is -2.01. The largest absolute Gasteiger partial charge is 0.412 e. The number of aryl methyl sites for hydroxylation is 1. The molecule has 0 saturated carbocycles. The van der Waals surface area contributed by atoms with Gasteiger partial charge < -0.3 is 4.74 Å². The average Bonchev–Trinajstić information content (AvgIpc) is 3.26. The van der Waals surface area contributed by atoms with Crippen LogP contribution in [0.5, 0.6) is 5.06 Å². The van der Waals surface area contributed by atoms with Crippen molar-refractivity contribution in [3.05, 3.63) is 78.4 Å². The molecule has 2 aromatic carbocycles. The number of carbonyl (C=O) groups is 1. The molecule has 3 rings (SSSR count). The number of hydrogen-bond donors (Lipinski definition) is 0. The Morgan fingerprint density at radius 2 is 1.48 bits per heavy atom. The zero-order chi connectivity index (χ0) is 21.9.